The third kappa shape index (κ3) is 4.30. The third-order valence-corrected chi connectivity index (χ3v) is 6.23. The van der Waals surface area contributed by atoms with Crippen molar-refractivity contribution < 1.29 is 4.79 Å². The van der Waals surface area contributed by atoms with E-state index in [1.165, 1.54) is 11.3 Å². The molecule has 6 heteroatoms. The molecule has 2 aromatic heterocycles. The van der Waals surface area contributed by atoms with Gasteiger partial charge in [0.05, 0.1) is 28.4 Å². The quantitative estimate of drug-likeness (QED) is 0.408. The number of fused-ring (bicyclic) bond motifs is 1. The molecule has 31 heavy (non-hydrogen) atoms. The molecule has 0 radical (unpaired) electrons. The molecule has 0 spiro atoms. The number of para-hydroxylation sites is 1. The van der Waals surface area contributed by atoms with Gasteiger partial charge >= 0.3 is 0 Å². The maximum Gasteiger partial charge on any atom is 0.264 e. The molecular formula is C25H25N3O2S. The van der Waals surface area contributed by atoms with Gasteiger partial charge in [-0.1, -0.05) is 55.5 Å². The number of hydrogen-bond acceptors (Lipinski definition) is 4. The Morgan fingerprint density at radius 1 is 1.06 bits per heavy atom. The van der Waals surface area contributed by atoms with Crippen molar-refractivity contribution in [3.63, 3.8) is 0 Å². The topological polar surface area (TPSA) is 55.2 Å². The molecule has 4 rings (SSSR count). The smallest absolute Gasteiger partial charge is 0.264 e. The van der Waals surface area contributed by atoms with Crippen molar-refractivity contribution in [2.24, 2.45) is 0 Å². The van der Waals surface area contributed by atoms with E-state index in [0.717, 1.165) is 12.0 Å². The van der Waals surface area contributed by atoms with Gasteiger partial charge in [0.2, 0.25) is 0 Å². The highest BCUT2D eigenvalue weighted by Gasteiger charge is 2.27. The number of hydrogen-bond donors (Lipinski definition) is 0. The van der Waals surface area contributed by atoms with Crippen LogP contribution in [0.4, 0.5) is 0 Å². The van der Waals surface area contributed by atoms with Gasteiger partial charge in [-0.2, -0.15) is 0 Å². The second-order valence-corrected chi connectivity index (χ2v) is 8.46. The van der Waals surface area contributed by atoms with E-state index in [1.54, 1.807) is 10.6 Å². The Morgan fingerprint density at radius 2 is 1.81 bits per heavy atom. The van der Waals surface area contributed by atoms with Gasteiger partial charge in [0.15, 0.2) is 0 Å². The fourth-order valence-electron chi connectivity index (χ4n) is 3.82. The van der Waals surface area contributed by atoms with Crippen molar-refractivity contribution in [1.29, 1.82) is 0 Å². The van der Waals surface area contributed by atoms with Crippen LogP contribution >= 0.6 is 11.3 Å². The summed E-state index contributed by atoms with van der Waals surface area (Å²) in [5.74, 6) is 0.573. The monoisotopic (exact) mass is 431 g/mol. The normalized spacial score (nSPS) is 12.1. The first kappa shape index (κ1) is 21.0. The maximum atomic E-state index is 13.5. The van der Waals surface area contributed by atoms with Gasteiger partial charge in [0, 0.05) is 6.54 Å². The lowest BCUT2D eigenvalue weighted by Gasteiger charge is -2.30. The first-order valence-corrected chi connectivity index (χ1v) is 11.4. The largest absolute Gasteiger partial charge is 0.328 e. The number of amides is 1. The highest BCUT2D eigenvalue weighted by molar-refractivity contribution is 7.12. The number of rotatable bonds is 7. The zero-order chi connectivity index (χ0) is 21.8. The molecule has 0 saturated heterocycles. The lowest BCUT2D eigenvalue weighted by atomic mass is 10.1. The summed E-state index contributed by atoms with van der Waals surface area (Å²) in [5.41, 5.74) is 1.58. The van der Waals surface area contributed by atoms with E-state index in [9.17, 15) is 9.59 Å². The Bertz CT molecular complexity index is 1230. The molecule has 4 aromatic rings. The Balaban J connectivity index is 1.84. The second-order valence-electron chi connectivity index (χ2n) is 7.52. The van der Waals surface area contributed by atoms with Gasteiger partial charge in [-0.25, -0.2) is 4.98 Å². The number of carbonyl (C=O) groups is 1. The zero-order valence-corrected chi connectivity index (χ0v) is 18.5. The van der Waals surface area contributed by atoms with Crippen LogP contribution in [0.3, 0.4) is 0 Å². The molecule has 0 bridgehead atoms. The van der Waals surface area contributed by atoms with Crippen LogP contribution in [0.15, 0.2) is 76.9 Å². The lowest BCUT2D eigenvalue weighted by Crippen LogP contribution is -2.38. The summed E-state index contributed by atoms with van der Waals surface area (Å²) in [6.07, 6.45) is 0.817. The standard InChI is InChI=1S/C25H25N3O2S/c1-3-15-27(25(30)22-14-9-16-31-22)18(2)23-26-21-13-8-7-12-20(21)24(29)28(23)17-19-10-5-4-6-11-19/h4-14,16,18H,3,15,17H2,1-2H3. The second kappa shape index (κ2) is 9.27. The van der Waals surface area contributed by atoms with Crippen molar-refractivity contribution in [3.05, 3.63) is 98.7 Å². The molecule has 0 N–H and O–H groups in total. The van der Waals surface area contributed by atoms with Crippen molar-refractivity contribution in [1.82, 2.24) is 14.5 Å². The molecule has 1 unspecified atom stereocenters. The maximum absolute atomic E-state index is 13.5. The van der Waals surface area contributed by atoms with Gasteiger partial charge in [-0.3, -0.25) is 14.2 Å². The zero-order valence-electron chi connectivity index (χ0n) is 17.7. The highest BCUT2D eigenvalue weighted by atomic mass is 32.1. The molecule has 0 aliphatic carbocycles. The molecule has 1 amide bonds. The fourth-order valence-corrected chi connectivity index (χ4v) is 4.50. The summed E-state index contributed by atoms with van der Waals surface area (Å²) in [6, 6.07) is 20.6. The van der Waals surface area contributed by atoms with Crippen molar-refractivity contribution in [2.75, 3.05) is 6.54 Å². The van der Waals surface area contributed by atoms with Crippen LogP contribution in [0, 0.1) is 0 Å². The SMILES string of the molecule is CCCN(C(=O)c1cccs1)C(C)c1nc2ccccc2c(=O)n1Cc1ccccc1. The molecule has 0 saturated carbocycles. The Kier molecular flexibility index (Phi) is 6.28. The Morgan fingerprint density at radius 3 is 2.52 bits per heavy atom. The van der Waals surface area contributed by atoms with Gasteiger partial charge in [-0.05, 0) is 42.5 Å². The number of benzene rings is 2. The fraction of sp³-hybridized carbons (Fsp3) is 0.240. The van der Waals surface area contributed by atoms with E-state index < -0.39 is 0 Å². The Labute approximate surface area is 185 Å². The summed E-state index contributed by atoms with van der Waals surface area (Å²) in [6.45, 7) is 5.00. The summed E-state index contributed by atoms with van der Waals surface area (Å²) in [7, 11) is 0. The first-order valence-electron chi connectivity index (χ1n) is 10.5. The third-order valence-electron chi connectivity index (χ3n) is 5.37. The minimum Gasteiger partial charge on any atom is -0.328 e. The molecular weight excluding hydrogens is 406 g/mol. The molecule has 2 aromatic carbocycles. The first-order chi connectivity index (χ1) is 15.1. The van der Waals surface area contributed by atoms with Crippen molar-refractivity contribution >= 4 is 28.1 Å². The van der Waals surface area contributed by atoms with Crippen LogP contribution in [0.1, 0.15) is 47.4 Å². The molecule has 1 atom stereocenters. The number of carbonyl (C=O) groups excluding carboxylic acids is 1. The summed E-state index contributed by atoms with van der Waals surface area (Å²) < 4.78 is 1.71. The summed E-state index contributed by atoms with van der Waals surface area (Å²) in [5, 5.41) is 2.49. The molecule has 0 aliphatic rings. The van der Waals surface area contributed by atoms with E-state index in [4.69, 9.17) is 4.98 Å². The van der Waals surface area contributed by atoms with Crippen LogP contribution in [0.2, 0.25) is 0 Å². The van der Waals surface area contributed by atoms with Gasteiger partial charge in [-0.15, -0.1) is 11.3 Å². The van der Waals surface area contributed by atoms with Gasteiger partial charge in [0.25, 0.3) is 11.5 Å². The van der Waals surface area contributed by atoms with E-state index in [2.05, 4.69) is 0 Å². The molecule has 5 nitrogen and oxygen atoms in total. The highest BCUT2D eigenvalue weighted by Crippen LogP contribution is 2.24. The molecule has 0 fully saturated rings. The van der Waals surface area contributed by atoms with Crippen LogP contribution in [0.5, 0.6) is 0 Å². The molecule has 158 valence electrons. The van der Waals surface area contributed by atoms with E-state index in [-0.39, 0.29) is 17.5 Å². The molecule has 0 aliphatic heterocycles. The van der Waals surface area contributed by atoms with Gasteiger partial charge < -0.3 is 4.90 Å². The summed E-state index contributed by atoms with van der Waals surface area (Å²) in [4.78, 5) is 34.1. The predicted molar refractivity (Wildman–Crippen MR) is 126 cm³/mol. The van der Waals surface area contributed by atoms with Crippen molar-refractivity contribution in [3.8, 4) is 0 Å². The average molecular weight is 432 g/mol. The lowest BCUT2D eigenvalue weighted by molar-refractivity contribution is 0.0684. The van der Waals surface area contributed by atoms with Gasteiger partial charge in [0.1, 0.15) is 5.82 Å². The number of nitrogens with zero attached hydrogens (tertiary/aromatic N) is 3. The number of aromatic nitrogens is 2. The van der Waals surface area contributed by atoms with Crippen LogP contribution in [-0.2, 0) is 6.54 Å². The van der Waals surface area contributed by atoms with Crippen LogP contribution < -0.4 is 5.56 Å². The molecule has 2 heterocycles. The van der Waals surface area contributed by atoms with Crippen molar-refractivity contribution in [2.45, 2.75) is 32.9 Å². The van der Waals surface area contributed by atoms with E-state index >= 15 is 0 Å². The van der Waals surface area contributed by atoms with E-state index in [0.29, 0.717) is 34.7 Å². The number of thiophene rings is 1. The minimum atomic E-state index is -0.351. The Hall–Kier alpha value is -3.25. The van der Waals surface area contributed by atoms with E-state index in [1.807, 2.05) is 84.8 Å². The predicted octanol–water partition coefficient (Wildman–Crippen LogP) is 5.12. The summed E-state index contributed by atoms with van der Waals surface area (Å²) >= 11 is 1.43. The minimum absolute atomic E-state index is 0.0296. The average Bonchev–Trinajstić information content (AvgIpc) is 3.34. The van der Waals surface area contributed by atoms with Crippen LogP contribution in [-0.4, -0.2) is 26.9 Å². The van der Waals surface area contributed by atoms with Crippen LogP contribution in [0.25, 0.3) is 10.9 Å².